The van der Waals surface area contributed by atoms with Crippen molar-refractivity contribution in [2.75, 3.05) is 6.54 Å². The molecular formula is C14H18FN3O. The number of hydrogen-bond acceptors (Lipinski definition) is 3. The molecule has 4 nitrogen and oxygen atoms in total. The molecule has 0 aliphatic carbocycles. The van der Waals surface area contributed by atoms with Crippen LogP contribution in [0.1, 0.15) is 18.4 Å². The molecule has 0 atom stereocenters. The fraction of sp³-hybridized carbons (Fsp3) is 0.357. The second-order valence-corrected chi connectivity index (χ2v) is 4.43. The highest BCUT2D eigenvalue weighted by Crippen LogP contribution is 2.20. The number of nitrogens with zero attached hydrogens (tertiary/aromatic N) is 2. The van der Waals surface area contributed by atoms with Gasteiger partial charge >= 0.3 is 0 Å². The lowest BCUT2D eigenvalue weighted by Gasteiger charge is -2.07. The Balaban J connectivity index is 1.63. The molecule has 0 spiro atoms. The number of aryl methyl sites for hydroxylation is 1. The molecule has 0 saturated carbocycles. The first-order chi connectivity index (χ1) is 9.27. The van der Waals surface area contributed by atoms with E-state index in [1.54, 1.807) is 24.7 Å². The lowest BCUT2D eigenvalue weighted by Crippen LogP contribution is -2.15. The van der Waals surface area contributed by atoms with Crippen LogP contribution in [0, 0.1) is 5.82 Å². The van der Waals surface area contributed by atoms with Crippen LogP contribution < -0.4 is 5.32 Å². The Morgan fingerprint density at radius 3 is 3.00 bits per heavy atom. The average molecular weight is 263 g/mol. The van der Waals surface area contributed by atoms with Gasteiger partial charge in [0.15, 0.2) is 11.6 Å². The molecule has 2 N–H and O–H groups in total. The van der Waals surface area contributed by atoms with E-state index in [-0.39, 0.29) is 5.75 Å². The molecule has 0 saturated heterocycles. The van der Waals surface area contributed by atoms with Crippen LogP contribution in [0.15, 0.2) is 36.9 Å². The van der Waals surface area contributed by atoms with E-state index in [4.69, 9.17) is 0 Å². The molecule has 1 heterocycles. The van der Waals surface area contributed by atoms with Crippen molar-refractivity contribution in [1.82, 2.24) is 14.9 Å². The summed E-state index contributed by atoms with van der Waals surface area (Å²) >= 11 is 0. The van der Waals surface area contributed by atoms with Crippen LogP contribution in [0.4, 0.5) is 4.39 Å². The van der Waals surface area contributed by atoms with E-state index in [1.165, 1.54) is 6.07 Å². The second kappa shape index (κ2) is 6.89. The summed E-state index contributed by atoms with van der Waals surface area (Å²) in [5, 5.41) is 12.7. The molecule has 1 aromatic carbocycles. The molecule has 0 unspecified atom stereocenters. The van der Waals surface area contributed by atoms with Crippen LogP contribution in [0.3, 0.4) is 0 Å². The predicted molar refractivity (Wildman–Crippen MR) is 71.2 cm³/mol. The zero-order chi connectivity index (χ0) is 13.5. The lowest BCUT2D eigenvalue weighted by molar-refractivity contribution is 0.422. The Hall–Kier alpha value is -1.88. The number of rotatable bonds is 7. The minimum atomic E-state index is -0.570. The van der Waals surface area contributed by atoms with Gasteiger partial charge in [-0.3, -0.25) is 0 Å². The maximum atomic E-state index is 13.1. The van der Waals surface area contributed by atoms with Crippen LogP contribution >= 0.6 is 0 Å². The van der Waals surface area contributed by atoms with Gasteiger partial charge in [0.1, 0.15) is 0 Å². The average Bonchev–Trinajstić information content (AvgIpc) is 2.91. The van der Waals surface area contributed by atoms with Gasteiger partial charge in [-0.05, 0) is 25.5 Å². The van der Waals surface area contributed by atoms with Gasteiger partial charge in [0.25, 0.3) is 0 Å². The number of imidazole rings is 1. The predicted octanol–water partition coefficient (Wildman–Crippen LogP) is 2.30. The number of benzene rings is 1. The van der Waals surface area contributed by atoms with E-state index in [0.29, 0.717) is 12.1 Å². The van der Waals surface area contributed by atoms with Gasteiger partial charge in [0, 0.05) is 31.0 Å². The Labute approximate surface area is 111 Å². The SMILES string of the molecule is Oc1c(F)cccc1CNCCCCn1ccnc1. The second-order valence-electron chi connectivity index (χ2n) is 4.43. The first kappa shape index (κ1) is 13.5. The maximum Gasteiger partial charge on any atom is 0.165 e. The maximum absolute atomic E-state index is 13.1. The van der Waals surface area contributed by atoms with Crippen molar-refractivity contribution in [2.45, 2.75) is 25.9 Å². The monoisotopic (exact) mass is 263 g/mol. The number of nitrogens with one attached hydrogen (secondary N) is 1. The fourth-order valence-corrected chi connectivity index (χ4v) is 1.89. The molecule has 19 heavy (non-hydrogen) atoms. The molecule has 5 heteroatoms. The number of para-hydroxylation sites is 1. The number of aromatic hydroxyl groups is 1. The Bertz CT molecular complexity index is 499. The summed E-state index contributed by atoms with van der Waals surface area (Å²) in [4.78, 5) is 3.98. The van der Waals surface area contributed by atoms with Crippen molar-refractivity contribution in [1.29, 1.82) is 0 Å². The van der Waals surface area contributed by atoms with Gasteiger partial charge in [0.05, 0.1) is 6.33 Å². The number of phenols is 1. The highest BCUT2D eigenvalue weighted by Gasteiger charge is 2.05. The van der Waals surface area contributed by atoms with Gasteiger partial charge < -0.3 is 15.0 Å². The summed E-state index contributed by atoms with van der Waals surface area (Å²) in [6.45, 7) is 2.27. The first-order valence-corrected chi connectivity index (χ1v) is 6.40. The summed E-state index contributed by atoms with van der Waals surface area (Å²) in [7, 11) is 0. The highest BCUT2D eigenvalue weighted by molar-refractivity contribution is 5.33. The zero-order valence-electron chi connectivity index (χ0n) is 10.7. The third kappa shape index (κ3) is 4.06. The normalized spacial score (nSPS) is 10.8. The van der Waals surface area contributed by atoms with Crippen LogP contribution in [0.25, 0.3) is 0 Å². The van der Waals surface area contributed by atoms with Crippen LogP contribution in [0.2, 0.25) is 0 Å². The topological polar surface area (TPSA) is 50.1 Å². The number of hydrogen-bond donors (Lipinski definition) is 2. The Kier molecular flexibility index (Phi) is 4.92. The quantitative estimate of drug-likeness (QED) is 0.754. The standard InChI is InChI=1S/C14H18FN3O/c15-13-5-3-4-12(14(13)19)10-16-6-1-2-8-18-9-7-17-11-18/h3-5,7,9,11,16,19H,1-2,6,8,10H2. The van der Waals surface area contributed by atoms with E-state index < -0.39 is 5.82 Å². The molecule has 0 fully saturated rings. The van der Waals surface area contributed by atoms with Crippen molar-refractivity contribution in [3.63, 3.8) is 0 Å². The minimum absolute atomic E-state index is 0.256. The third-order valence-corrected chi connectivity index (χ3v) is 2.96. The van der Waals surface area contributed by atoms with Crippen molar-refractivity contribution < 1.29 is 9.50 Å². The minimum Gasteiger partial charge on any atom is -0.505 e. The highest BCUT2D eigenvalue weighted by atomic mass is 19.1. The van der Waals surface area contributed by atoms with Crippen LogP contribution in [-0.2, 0) is 13.1 Å². The molecule has 0 aliphatic heterocycles. The molecule has 2 rings (SSSR count). The number of aromatic nitrogens is 2. The Morgan fingerprint density at radius 1 is 1.32 bits per heavy atom. The van der Waals surface area contributed by atoms with Gasteiger partial charge in [-0.15, -0.1) is 0 Å². The first-order valence-electron chi connectivity index (χ1n) is 6.40. The third-order valence-electron chi connectivity index (χ3n) is 2.96. The molecule has 0 bridgehead atoms. The van der Waals surface area contributed by atoms with E-state index in [1.807, 2.05) is 10.8 Å². The number of phenolic OH excluding ortho intramolecular Hbond substituents is 1. The van der Waals surface area contributed by atoms with E-state index in [0.717, 1.165) is 25.9 Å². The largest absolute Gasteiger partial charge is 0.505 e. The van der Waals surface area contributed by atoms with Gasteiger partial charge in [-0.2, -0.15) is 0 Å². The molecular weight excluding hydrogens is 245 g/mol. The number of unbranched alkanes of at least 4 members (excludes halogenated alkanes) is 1. The molecule has 0 amide bonds. The van der Waals surface area contributed by atoms with Crippen molar-refractivity contribution in [3.8, 4) is 5.75 Å². The summed E-state index contributed by atoms with van der Waals surface area (Å²) in [5.41, 5.74) is 0.592. The fourth-order valence-electron chi connectivity index (χ4n) is 1.89. The number of halogens is 1. The summed E-state index contributed by atoms with van der Waals surface area (Å²) in [6, 6.07) is 4.58. The van der Waals surface area contributed by atoms with Gasteiger partial charge in [-0.25, -0.2) is 9.37 Å². The molecule has 2 aromatic rings. The van der Waals surface area contributed by atoms with Crippen molar-refractivity contribution >= 4 is 0 Å². The van der Waals surface area contributed by atoms with Crippen molar-refractivity contribution in [3.05, 3.63) is 48.3 Å². The molecule has 1 aromatic heterocycles. The van der Waals surface area contributed by atoms with Gasteiger partial charge in [0.2, 0.25) is 0 Å². The lowest BCUT2D eigenvalue weighted by atomic mass is 10.2. The Morgan fingerprint density at radius 2 is 2.21 bits per heavy atom. The van der Waals surface area contributed by atoms with Crippen LogP contribution in [-0.4, -0.2) is 21.2 Å². The van der Waals surface area contributed by atoms with E-state index in [2.05, 4.69) is 10.3 Å². The molecule has 102 valence electrons. The van der Waals surface area contributed by atoms with Crippen molar-refractivity contribution in [2.24, 2.45) is 0 Å². The molecule has 0 radical (unpaired) electrons. The van der Waals surface area contributed by atoms with E-state index in [9.17, 15) is 9.50 Å². The zero-order valence-corrected chi connectivity index (χ0v) is 10.7. The van der Waals surface area contributed by atoms with E-state index >= 15 is 0 Å². The summed E-state index contributed by atoms with van der Waals surface area (Å²) < 4.78 is 15.1. The van der Waals surface area contributed by atoms with Crippen LogP contribution in [0.5, 0.6) is 5.75 Å². The summed E-state index contributed by atoms with van der Waals surface area (Å²) in [6.07, 6.45) is 7.59. The summed E-state index contributed by atoms with van der Waals surface area (Å²) in [5.74, 6) is -0.826. The van der Waals surface area contributed by atoms with Gasteiger partial charge in [-0.1, -0.05) is 12.1 Å². The molecule has 0 aliphatic rings. The smallest absolute Gasteiger partial charge is 0.165 e.